The van der Waals surface area contributed by atoms with Crippen LogP contribution < -0.4 is 5.32 Å². The standard InChI is InChI=1S/C16H22N2O.ClH/c19-16(10-14-8-9-17-11-14)18(15-6-7-15)12-13-4-2-1-3-5-13;/h1-5,14-15,17H,6-12H2;1H. The fraction of sp³-hybridized carbons (Fsp3) is 0.562. The molecular weight excluding hydrogens is 272 g/mol. The van der Waals surface area contributed by atoms with E-state index in [4.69, 9.17) is 0 Å². The van der Waals surface area contributed by atoms with Crippen LogP contribution in [0.5, 0.6) is 0 Å². The lowest BCUT2D eigenvalue weighted by molar-refractivity contribution is -0.133. The molecule has 1 unspecified atom stereocenters. The van der Waals surface area contributed by atoms with Crippen LogP contribution >= 0.6 is 12.4 Å². The first-order valence-electron chi connectivity index (χ1n) is 7.37. The van der Waals surface area contributed by atoms with Crippen molar-refractivity contribution < 1.29 is 4.79 Å². The number of benzene rings is 1. The van der Waals surface area contributed by atoms with E-state index in [0.717, 1.165) is 32.5 Å². The molecule has 2 aliphatic rings. The molecule has 4 heteroatoms. The quantitative estimate of drug-likeness (QED) is 0.905. The van der Waals surface area contributed by atoms with Crippen LogP contribution in [0.3, 0.4) is 0 Å². The van der Waals surface area contributed by atoms with Crippen molar-refractivity contribution in [1.29, 1.82) is 0 Å². The molecule has 3 nitrogen and oxygen atoms in total. The fourth-order valence-corrected chi connectivity index (χ4v) is 2.84. The summed E-state index contributed by atoms with van der Waals surface area (Å²) in [6, 6.07) is 10.8. The van der Waals surface area contributed by atoms with E-state index in [2.05, 4.69) is 22.3 Å². The van der Waals surface area contributed by atoms with Crippen LogP contribution in [0.15, 0.2) is 30.3 Å². The van der Waals surface area contributed by atoms with Gasteiger partial charge in [-0.1, -0.05) is 30.3 Å². The molecule has 1 aliphatic heterocycles. The first-order chi connectivity index (χ1) is 9.33. The van der Waals surface area contributed by atoms with Gasteiger partial charge in [-0.3, -0.25) is 4.79 Å². The summed E-state index contributed by atoms with van der Waals surface area (Å²) < 4.78 is 0. The summed E-state index contributed by atoms with van der Waals surface area (Å²) in [5.74, 6) is 0.893. The number of rotatable bonds is 5. The summed E-state index contributed by atoms with van der Waals surface area (Å²) in [7, 11) is 0. The maximum atomic E-state index is 12.5. The van der Waals surface area contributed by atoms with Crippen molar-refractivity contribution in [2.24, 2.45) is 5.92 Å². The zero-order valence-corrected chi connectivity index (χ0v) is 12.6. The van der Waals surface area contributed by atoms with Crippen molar-refractivity contribution in [3.05, 3.63) is 35.9 Å². The molecule has 0 aromatic heterocycles. The van der Waals surface area contributed by atoms with E-state index >= 15 is 0 Å². The topological polar surface area (TPSA) is 32.3 Å². The van der Waals surface area contributed by atoms with Gasteiger partial charge in [0, 0.05) is 19.0 Å². The lowest BCUT2D eigenvalue weighted by Gasteiger charge is -2.24. The van der Waals surface area contributed by atoms with Crippen molar-refractivity contribution in [3.8, 4) is 0 Å². The normalized spacial score (nSPS) is 21.3. The minimum atomic E-state index is 0. The largest absolute Gasteiger partial charge is 0.335 e. The summed E-state index contributed by atoms with van der Waals surface area (Å²) >= 11 is 0. The van der Waals surface area contributed by atoms with E-state index < -0.39 is 0 Å². The van der Waals surface area contributed by atoms with Crippen LogP contribution in [-0.2, 0) is 11.3 Å². The maximum Gasteiger partial charge on any atom is 0.223 e. The van der Waals surface area contributed by atoms with Crippen LogP contribution in [0, 0.1) is 5.92 Å². The predicted octanol–water partition coefficient (Wildman–Crippen LogP) is 2.60. The first-order valence-corrected chi connectivity index (χ1v) is 7.37. The summed E-state index contributed by atoms with van der Waals surface area (Å²) in [6.07, 6.45) is 4.23. The van der Waals surface area contributed by atoms with Crippen LogP contribution in [0.4, 0.5) is 0 Å². The minimum absolute atomic E-state index is 0. The van der Waals surface area contributed by atoms with Crippen LogP contribution in [-0.4, -0.2) is 29.9 Å². The van der Waals surface area contributed by atoms with E-state index in [0.29, 0.717) is 17.9 Å². The zero-order chi connectivity index (χ0) is 13.1. The fourth-order valence-electron chi connectivity index (χ4n) is 2.84. The van der Waals surface area contributed by atoms with Crippen molar-refractivity contribution in [2.75, 3.05) is 13.1 Å². The van der Waals surface area contributed by atoms with Crippen molar-refractivity contribution >= 4 is 18.3 Å². The maximum absolute atomic E-state index is 12.5. The molecule has 20 heavy (non-hydrogen) atoms. The van der Waals surface area contributed by atoms with Gasteiger partial charge >= 0.3 is 0 Å². The molecule has 1 N–H and O–H groups in total. The van der Waals surface area contributed by atoms with E-state index in [1.54, 1.807) is 0 Å². The Hall–Kier alpha value is -1.06. The molecule has 1 aromatic rings. The Morgan fingerprint density at radius 2 is 1.95 bits per heavy atom. The molecule has 0 radical (unpaired) electrons. The van der Waals surface area contributed by atoms with Crippen LogP contribution in [0.2, 0.25) is 0 Å². The predicted molar refractivity (Wildman–Crippen MR) is 82.9 cm³/mol. The smallest absolute Gasteiger partial charge is 0.223 e. The zero-order valence-electron chi connectivity index (χ0n) is 11.8. The Bertz CT molecular complexity index is 427. The van der Waals surface area contributed by atoms with E-state index in [1.807, 2.05) is 18.2 Å². The minimum Gasteiger partial charge on any atom is -0.335 e. The third-order valence-corrected chi connectivity index (χ3v) is 4.13. The van der Waals surface area contributed by atoms with E-state index in [1.165, 1.54) is 18.4 Å². The molecule has 1 atom stereocenters. The highest BCUT2D eigenvalue weighted by Gasteiger charge is 2.33. The number of amides is 1. The van der Waals surface area contributed by atoms with Gasteiger partial charge in [0.1, 0.15) is 0 Å². The summed E-state index contributed by atoms with van der Waals surface area (Å²) in [5, 5.41) is 3.34. The molecule has 1 saturated heterocycles. The van der Waals surface area contributed by atoms with Gasteiger partial charge in [-0.15, -0.1) is 12.4 Å². The van der Waals surface area contributed by atoms with Crippen LogP contribution in [0.1, 0.15) is 31.2 Å². The second-order valence-electron chi connectivity index (χ2n) is 5.80. The lowest BCUT2D eigenvalue weighted by atomic mass is 10.0. The van der Waals surface area contributed by atoms with Crippen molar-refractivity contribution in [3.63, 3.8) is 0 Å². The second-order valence-corrected chi connectivity index (χ2v) is 5.80. The highest BCUT2D eigenvalue weighted by Crippen LogP contribution is 2.30. The van der Waals surface area contributed by atoms with Gasteiger partial charge in [0.15, 0.2) is 0 Å². The molecule has 1 amide bonds. The van der Waals surface area contributed by atoms with Gasteiger partial charge in [-0.2, -0.15) is 0 Å². The third-order valence-electron chi connectivity index (χ3n) is 4.13. The second kappa shape index (κ2) is 7.09. The van der Waals surface area contributed by atoms with Gasteiger partial charge < -0.3 is 10.2 Å². The van der Waals surface area contributed by atoms with Gasteiger partial charge in [0.2, 0.25) is 5.91 Å². The Morgan fingerprint density at radius 1 is 1.20 bits per heavy atom. The molecule has 0 bridgehead atoms. The number of hydrogen-bond acceptors (Lipinski definition) is 2. The number of carbonyl (C=O) groups excluding carboxylic acids is 1. The average Bonchev–Trinajstić information content (AvgIpc) is 3.15. The van der Waals surface area contributed by atoms with Gasteiger partial charge in [0.25, 0.3) is 0 Å². The Balaban J connectivity index is 0.00000147. The Kier molecular flexibility index (Phi) is 5.44. The monoisotopic (exact) mass is 294 g/mol. The molecule has 1 heterocycles. The van der Waals surface area contributed by atoms with E-state index in [-0.39, 0.29) is 12.4 Å². The summed E-state index contributed by atoms with van der Waals surface area (Å²) in [6.45, 7) is 2.86. The number of nitrogens with zero attached hydrogens (tertiary/aromatic N) is 1. The molecule has 0 spiro atoms. The van der Waals surface area contributed by atoms with Gasteiger partial charge in [0.05, 0.1) is 0 Å². The molecule has 3 rings (SSSR count). The SMILES string of the molecule is Cl.O=C(CC1CCNC1)N(Cc1ccccc1)C1CC1. The molecule has 1 aromatic carbocycles. The molecule has 1 saturated carbocycles. The Labute approximate surface area is 127 Å². The molecular formula is C16H23ClN2O. The first kappa shape index (κ1) is 15.3. The molecule has 2 fully saturated rings. The summed E-state index contributed by atoms with van der Waals surface area (Å²) in [5.41, 5.74) is 1.24. The highest BCUT2D eigenvalue weighted by molar-refractivity contribution is 5.85. The Morgan fingerprint density at radius 3 is 2.55 bits per heavy atom. The third kappa shape index (κ3) is 3.97. The number of carbonyl (C=O) groups is 1. The van der Waals surface area contributed by atoms with E-state index in [9.17, 15) is 4.79 Å². The molecule has 1 aliphatic carbocycles. The van der Waals surface area contributed by atoms with Crippen LogP contribution in [0.25, 0.3) is 0 Å². The van der Waals surface area contributed by atoms with Gasteiger partial charge in [-0.25, -0.2) is 0 Å². The van der Waals surface area contributed by atoms with Crippen molar-refractivity contribution in [1.82, 2.24) is 10.2 Å². The molecule has 110 valence electrons. The van der Waals surface area contributed by atoms with Gasteiger partial charge in [-0.05, 0) is 43.8 Å². The number of nitrogens with one attached hydrogen (secondary N) is 1. The number of halogens is 1. The van der Waals surface area contributed by atoms with Crippen molar-refractivity contribution in [2.45, 2.75) is 38.3 Å². The average molecular weight is 295 g/mol. The lowest BCUT2D eigenvalue weighted by Crippen LogP contribution is -2.34. The number of hydrogen-bond donors (Lipinski definition) is 1. The highest BCUT2D eigenvalue weighted by atomic mass is 35.5. The summed E-state index contributed by atoms with van der Waals surface area (Å²) in [4.78, 5) is 14.6.